The molecule has 2 N–H and O–H groups in total. The fraction of sp³-hybridized carbons (Fsp3) is 0.683. The molecular weight excluding hydrogens is 928 g/mol. The van der Waals surface area contributed by atoms with Crippen LogP contribution in [0.2, 0.25) is 0 Å². The number of phosphoric acid groups is 1. The van der Waals surface area contributed by atoms with Crippen molar-refractivity contribution in [3.8, 4) is 0 Å². The van der Waals surface area contributed by atoms with Crippen LogP contribution in [0.3, 0.4) is 0 Å². The highest BCUT2D eigenvalue weighted by molar-refractivity contribution is 7.47. The summed E-state index contributed by atoms with van der Waals surface area (Å²) in [4.78, 5) is 48.4. The lowest BCUT2D eigenvalue weighted by Gasteiger charge is -2.21. The van der Waals surface area contributed by atoms with Gasteiger partial charge in [-0.05, 0) is 103 Å². The maximum absolute atomic E-state index is 12.9. The van der Waals surface area contributed by atoms with Gasteiger partial charge in [-0.1, -0.05) is 201 Å². The van der Waals surface area contributed by atoms with Gasteiger partial charge in [-0.25, -0.2) is 4.57 Å². The number of ether oxygens (including phenoxy) is 3. The fourth-order valence-corrected chi connectivity index (χ4v) is 7.99. The van der Waals surface area contributed by atoms with Crippen molar-refractivity contribution < 1.29 is 52.2 Å². The molecule has 0 aliphatic heterocycles. The van der Waals surface area contributed by atoms with Crippen molar-refractivity contribution in [3.63, 3.8) is 0 Å². The SMILES string of the molecule is CC/C=C\C/C=C\C/C=C\C/C=C\CCC(=O)OC(CO)COP(=O)(O)OCC(COC(=O)CCCCCCC/C=C\C/C=C\CCC)OC(=O)CCCCCCCCCCC/C=C\C/C=C\CCCCC. The molecule has 3 atom stereocenters. The first-order valence-corrected chi connectivity index (χ1v) is 29.6. The van der Waals surface area contributed by atoms with E-state index in [2.05, 4.69) is 106 Å². The number of allylic oxidation sites excluding steroid dienone is 16. The molecule has 0 saturated carbocycles. The minimum atomic E-state index is -4.77. The molecule has 0 radical (unpaired) electrons. The number of carbonyl (C=O) groups excluding carboxylic acids is 3. The van der Waals surface area contributed by atoms with Crippen molar-refractivity contribution in [2.45, 2.75) is 238 Å². The number of hydrogen-bond acceptors (Lipinski definition) is 10. The average Bonchev–Trinajstić information content (AvgIpc) is 3.37. The number of aliphatic hydroxyl groups excluding tert-OH is 1. The molecule has 0 heterocycles. The molecule has 0 rings (SSSR count). The number of esters is 3. The number of unbranched alkanes of at least 4 members (excludes halogenated alkanes) is 18. The van der Waals surface area contributed by atoms with Gasteiger partial charge in [0.05, 0.1) is 19.8 Å². The van der Waals surface area contributed by atoms with Crippen molar-refractivity contribution in [1.29, 1.82) is 0 Å². The smallest absolute Gasteiger partial charge is 0.462 e. The van der Waals surface area contributed by atoms with Gasteiger partial charge in [0.15, 0.2) is 6.10 Å². The number of phosphoric ester groups is 1. The molecule has 412 valence electrons. The van der Waals surface area contributed by atoms with Crippen molar-refractivity contribution in [2.75, 3.05) is 26.4 Å². The van der Waals surface area contributed by atoms with E-state index in [9.17, 15) is 28.9 Å². The van der Waals surface area contributed by atoms with E-state index < -0.39 is 57.8 Å². The van der Waals surface area contributed by atoms with Crippen LogP contribution < -0.4 is 0 Å². The van der Waals surface area contributed by atoms with Crippen LogP contribution in [0.4, 0.5) is 0 Å². The average molecular weight is 1030 g/mol. The Kier molecular flexibility index (Phi) is 51.0. The lowest BCUT2D eigenvalue weighted by molar-refractivity contribution is -0.161. The highest BCUT2D eigenvalue weighted by Gasteiger charge is 2.28. The number of aliphatic hydroxyl groups is 1. The monoisotopic (exact) mass is 1030 g/mol. The number of carbonyl (C=O) groups is 3. The molecule has 0 fully saturated rings. The molecule has 0 aromatic carbocycles. The Balaban J connectivity index is 4.80. The molecule has 11 nitrogen and oxygen atoms in total. The summed E-state index contributed by atoms with van der Waals surface area (Å²) in [5.41, 5.74) is 0. The Hall–Kier alpha value is -3.60. The zero-order chi connectivity index (χ0) is 52.7. The van der Waals surface area contributed by atoms with Crippen LogP contribution in [-0.4, -0.2) is 66.5 Å². The molecule has 0 saturated heterocycles. The summed E-state index contributed by atoms with van der Waals surface area (Å²) >= 11 is 0. The predicted molar refractivity (Wildman–Crippen MR) is 297 cm³/mol. The Morgan fingerprint density at radius 3 is 1.25 bits per heavy atom. The summed E-state index contributed by atoms with van der Waals surface area (Å²) in [5.74, 6) is -1.58. The van der Waals surface area contributed by atoms with E-state index in [1.54, 1.807) is 0 Å². The third kappa shape index (κ3) is 51.3. The van der Waals surface area contributed by atoms with Gasteiger partial charge in [-0.3, -0.25) is 23.4 Å². The van der Waals surface area contributed by atoms with Crippen LogP contribution >= 0.6 is 7.82 Å². The second-order valence-electron chi connectivity index (χ2n) is 18.4. The van der Waals surface area contributed by atoms with Gasteiger partial charge in [-0.2, -0.15) is 0 Å². The molecular formula is C60H101O11P. The molecule has 72 heavy (non-hydrogen) atoms. The van der Waals surface area contributed by atoms with Gasteiger partial charge in [0.25, 0.3) is 0 Å². The summed E-state index contributed by atoms with van der Waals surface area (Å²) in [6.45, 7) is 4.33. The van der Waals surface area contributed by atoms with E-state index in [0.29, 0.717) is 19.3 Å². The van der Waals surface area contributed by atoms with E-state index >= 15 is 0 Å². The predicted octanol–water partition coefficient (Wildman–Crippen LogP) is 16.5. The lowest BCUT2D eigenvalue weighted by Crippen LogP contribution is -2.30. The largest absolute Gasteiger partial charge is 0.472 e. The second-order valence-corrected chi connectivity index (χ2v) is 19.8. The van der Waals surface area contributed by atoms with Gasteiger partial charge in [-0.15, -0.1) is 0 Å². The zero-order valence-electron chi connectivity index (χ0n) is 45.4. The molecule has 0 spiro atoms. The Morgan fingerprint density at radius 1 is 0.403 bits per heavy atom. The number of rotatable bonds is 51. The standard InChI is InChI=1S/C60H101O11P/c1-4-7-10-13-16-19-22-25-26-27-28-29-30-33-36-39-42-45-48-51-60(64)71-57(53-67-58(62)49-46-43-40-37-34-31-23-20-17-14-11-8-5-2)55-69-72(65,66)68-54-56(52-61)70-59(63)50-47-44-41-38-35-32-24-21-18-15-12-9-6-3/h9,11-12,14,16,18-21,23,25-26,32,35,41,44,56-57,61H,4-8,10,13,15,17,22,24,27-31,33-34,36-40,42-43,45-55H2,1-3H3,(H,65,66)/b12-9-,14-11-,19-16-,21-18-,23-20-,26-25-,35-32-,44-41-. The van der Waals surface area contributed by atoms with E-state index in [0.717, 1.165) is 109 Å². The van der Waals surface area contributed by atoms with Crippen LogP contribution in [0.15, 0.2) is 97.2 Å². The van der Waals surface area contributed by atoms with Crippen molar-refractivity contribution in [1.82, 2.24) is 0 Å². The van der Waals surface area contributed by atoms with Gasteiger partial charge in [0.2, 0.25) is 0 Å². The van der Waals surface area contributed by atoms with Crippen LogP contribution in [0, 0.1) is 0 Å². The van der Waals surface area contributed by atoms with Crippen molar-refractivity contribution in [2.24, 2.45) is 0 Å². The first-order chi connectivity index (χ1) is 35.2. The lowest BCUT2D eigenvalue weighted by atomic mass is 10.1. The first-order valence-electron chi connectivity index (χ1n) is 28.1. The Labute approximate surface area is 438 Å². The second kappa shape index (κ2) is 53.7. The molecule has 0 aliphatic carbocycles. The molecule has 3 unspecified atom stereocenters. The summed E-state index contributed by atoms with van der Waals surface area (Å²) < 4.78 is 39.4. The summed E-state index contributed by atoms with van der Waals surface area (Å²) in [6.07, 6.45) is 62.4. The minimum absolute atomic E-state index is 0.0514. The maximum atomic E-state index is 12.9. The normalized spacial score (nSPS) is 14.1. The van der Waals surface area contributed by atoms with E-state index in [1.807, 2.05) is 12.2 Å². The third-order valence-corrected chi connectivity index (χ3v) is 12.4. The zero-order valence-corrected chi connectivity index (χ0v) is 46.3. The van der Waals surface area contributed by atoms with E-state index in [1.165, 1.54) is 57.8 Å². The van der Waals surface area contributed by atoms with Crippen LogP contribution in [-0.2, 0) is 42.2 Å². The highest BCUT2D eigenvalue weighted by atomic mass is 31.2. The molecule has 0 aromatic rings. The van der Waals surface area contributed by atoms with Crippen molar-refractivity contribution >= 4 is 25.7 Å². The van der Waals surface area contributed by atoms with E-state index in [4.69, 9.17) is 23.3 Å². The Bertz CT molecular complexity index is 1580. The van der Waals surface area contributed by atoms with E-state index in [-0.39, 0.29) is 25.9 Å². The van der Waals surface area contributed by atoms with Crippen molar-refractivity contribution in [3.05, 3.63) is 97.2 Å². The Morgan fingerprint density at radius 2 is 0.778 bits per heavy atom. The summed E-state index contributed by atoms with van der Waals surface area (Å²) in [7, 11) is -4.77. The van der Waals surface area contributed by atoms with Gasteiger partial charge in [0, 0.05) is 19.3 Å². The molecule has 0 amide bonds. The summed E-state index contributed by atoms with van der Waals surface area (Å²) in [6, 6.07) is 0. The minimum Gasteiger partial charge on any atom is -0.462 e. The molecule has 0 aliphatic rings. The van der Waals surface area contributed by atoms with Crippen LogP contribution in [0.1, 0.15) is 226 Å². The van der Waals surface area contributed by atoms with Gasteiger partial charge < -0.3 is 24.2 Å². The third-order valence-electron chi connectivity index (χ3n) is 11.5. The first kappa shape index (κ1) is 68.4. The topological polar surface area (TPSA) is 155 Å². The molecule has 0 aromatic heterocycles. The van der Waals surface area contributed by atoms with Gasteiger partial charge >= 0.3 is 25.7 Å². The number of hydrogen-bond donors (Lipinski definition) is 2. The summed E-state index contributed by atoms with van der Waals surface area (Å²) in [5, 5.41) is 9.78. The quantitative estimate of drug-likeness (QED) is 0.0197. The molecule has 12 heteroatoms. The van der Waals surface area contributed by atoms with Crippen LogP contribution in [0.25, 0.3) is 0 Å². The van der Waals surface area contributed by atoms with Gasteiger partial charge in [0.1, 0.15) is 12.7 Å². The fourth-order valence-electron chi connectivity index (χ4n) is 7.20. The maximum Gasteiger partial charge on any atom is 0.472 e. The highest BCUT2D eigenvalue weighted by Crippen LogP contribution is 2.43. The molecule has 0 bridgehead atoms. The van der Waals surface area contributed by atoms with Crippen LogP contribution in [0.5, 0.6) is 0 Å².